The van der Waals surface area contributed by atoms with E-state index < -0.39 is 0 Å². The third kappa shape index (κ3) is 32.6. The molecule has 1 nitrogen and oxygen atoms in total. The van der Waals surface area contributed by atoms with Crippen LogP contribution in [0.2, 0.25) is 0 Å². The molecule has 1 heteroatoms. The first kappa shape index (κ1) is 30.9. The summed E-state index contributed by atoms with van der Waals surface area (Å²) in [7, 11) is 0. The smallest absolute Gasteiger partial charge is 0.0466 e. The van der Waals surface area contributed by atoms with E-state index >= 15 is 0 Å². The molecule has 0 aliphatic rings. The molecule has 0 N–H and O–H groups in total. The lowest BCUT2D eigenvalue weighted by Gasteiger charge is -2.05. The molecule has 0 atom stereocenters. The van der Waals surface area contributed by atoms with Crippen LogP contribution >= 0.6 is 0 Å². The summed E-state index contributed by atoms with van der Waals surface area (Å²) in [4.78, 5) is 0. The molecular weight excluding hydrogens is 352 g/mol. The van der Waals surface area contributed by atoms with E-state index in [9.17, 15) is 0 Å². The predicted molar refractivity (Wildman–Crippen MR) is 135 cm³/mol. The van der Waals surface area contributed by atoms with Crippen LogP contribution < -0.4 is 0 Å². The Balaban J connectivity index is 0. The van der Waals surface area contributed by atoms with Gasteiger partial charge in [0.05, 0.1) is 0 Å². The summed E-state index contributed by atoms with van der Waals surface area (Å²) in [5.41, 5.74) is 0. The van der Waals surface area contributed by atoms with Gasteiger partial charge in [0.15, 0.2) is 0 Å². The van der Waals surface area contributed by atoms with Gasteiger partial charge in [-0.2, -0.15) is 0 Å². The predicted octanol–water partition coefficient (Wildman–Crippen LogP) is 10.4. The van der Waals surface area contributed by atoms with Crippen LogP contribution in [0.25, 0.3) is 0 Å². The molecule has 0 saturated heterocycles. The molecule has 0 fully saturated rings. The van der Waals surface area contributed by atoms with Crippen LogP contribution in [0, 0.1) is 0 Å². The van der Waals surface area contributed by atoms with Crippen LogP contribution in [0.15, 0.2) is 13.2 Å². The van der Waals surface area contributed by atoms with Gasteiger partial charge in [0.1, 0.15) is 0 Å². The fraction of sp³-hybridized carbons (Fsp3) is 0.929. The molecule has 0 saturated carbocycles. The second-order valence-electron chi connectivity index (χ2n) is 8.68. The van der Waals surface area contributed by atoms with Gasteiger partial charge < -0.3 is 4.74 Å². The second-order valence-corrected chi connectivity index (χ2v) is 8.68. The molecule has 29 heavy (non-hydrogen) atoms. The highest BCUT2D eigenvalue weighted by Gasteiger charge is 1.95. The topological polar surface area (TPSA) is 9.23 Å². The van der Waals surface area contributed by atoms with Crippen LogP contribution in [0.5, 0.6) is 0 Å². The molecule has 0 unspecified atom stereocenters. The highest BCUT2D eigenvalue weighted by atomic mass is 16.5. The summed E-state index contributed by atoms with van der Waals surface area (Å²) in [5, 5.41) is 0. The highest BCUT2D eigenvalue weighted by Crippen LogP contribution is 2.12. The van der Waals surface area contributed by atoms with Gasteiger partial charge in [-0.15, -0.1) is 13.2 Å². The molecule has 0 aromatic heterocycles. The Labute approximate surface area is 186 Å². The van der Waals surface area contributed by atoms with Gasteiger partial charge in [0.25, 0.3) is 0 Å². The first-order chi connectivity index (χ1) is 14.4. The molecule has 0 radical (unpaired) electrons. The number of rotatable bonds is 24. The standard InChI is InChI=1S/C26H54O.C2H4/c1-3-5-7-9-11-13-15-17-19-21-23-25-27-26-24-22-20-18-16-14-12-10-8-6-4-2;1-2/h3-26H2,1-2H3;1-2H2. The van der Waals surface area contributed by atoms with E-state index in [-0.39, 0.29) is 0 Å². The van der Waals surface area contributed by atoms with Crippen molar-refractivity contribution in [3.63, 3.8) is 0 Å². The average Bonchev–Trinajstić information content (AvgIpc) is 2.75. The number of hydrogen-bond donors (Lipinski definition) is 0. The maximum Gasteiger partial charge on any atom is 0.0466 e. The Morgan fingerprint density at radius 1 is 0.345 bits per heavy atom. The summed E-state index contributed by atoms with van der Waals surface area (Å²) in [6, 6.07) is 0. The molecule has 0 aliphatic heterocycles. The molecule has 176 valence electrons. The molecule has 0 bridgehead atoms. The van der Waals surface area contributed by atoms with Gasteiger partial charge in [0, 0.05) is 13.2 Å². The van der Waals surface area contributed by atoms with Crippen LogP contribution in [-0.4, -0.2) is 13.2 Å². The lowest BCUT2D eigenvalue weighted by atomic mass is 10.1. The van der Waals surface area contributed by atoms with Crippen molar-refractivity contribution in [1.29, 1.82) is 0 Å². The van der Waals surface area contributed by atoms with Gasteiger partial charge >= 0.3 is 0 Å². The Morgan fingerprint density at radius 3 is 0.793 bits per heavy atom. The Bertz CT molecular complexity index is 227. The summed E-state index contributed by atoms with van der Waals surface area (Å²) >= 11 is 0. The second kappa shape index (κ2) is 32.4. The van der Waals surface area contributed by atoms with Crippen molar-refractivity contribution in [2.45, 2.75) is 155 Å². The summed E-state index contributed by atoms with van der Waals surface area (Å²) in [6.45, 7) is 12.6. The van der Waals surface area contributed by atoms with E-state index in [0.717, 1.165) is 13.2 Å². The zero-order chi connectivity index (χ0) is 21.7. The minimum Gasteiger partial charge on any atom is -0.381 e. The van der Waals surface area contributed by atoms with Crippen molar-refractivity contribution in [3.8, 4) is 0 Å². The quantitative estimate of drug-likeness (QED) is 0.113. The molecule has 0 heterocycles. The normalized spacial score (nSPS) is 10.7. The minimum atomic E-state index is 0.995. The Morgan fingerprint density at radius 2 is 0.552 bits per heavy atom. The molecular formula is C28H58O. The van der Waals surface area contributed by atoms with Gasteiger partial charge in [-0.05, 0) is 12.8 Å². The molecule has 0 aliphatic carbocycles. The van der Waals surface area contributed by atoms with Crippen LogP contribution in [0.4, 0.5) is 0 Å². The van der Waals surface area contributed by atoms with E-state index in [2.05, 4.69) is 27.0 Å². The molecule has 0 aromatic rings. The third-order valence-electron chi connectivity index (χ3n) is 5.78. The minimum absolute atomic E-state index is 0.995. The zero-order valence-corrected chi connectivity index (χ0v) is 20.8. The van der Waals surface area contributed by atoms with Gasteiger partial charge in [-0.25, -0.2) is 0 Å². The van der Waals surface area contributed by atoms with Crippen molar-refractivity contribution >= 4 is 0 Å². The van der Waals surface area contributed by atoms with Crippen LogP contribution in [-0.2, 0) is 4.74 Å². The first-order valence-corrected chi connectivity index (χ1v) is 13.5. The van der Waals surface area contributed by atoms with Crippen molar-refractivity contribution in [2.75, 3.05) is 13.2 Å². The van der Waals surface area contributed by atoms with E-state index in [1.165, 1.54) is 141 Å². The van der Waals surface area contributed by atoms with Crippen LogP contribution in [0.1, 0.15) is 155 Å². The zero-order valence-electron chi connectivity index (χ0n) is 20.8. The van der Waals surface area contributed by atoms with E-state index in [1.807, 2.05) is 0 Å². The molecule has 0 amide bonds. The number of ether oxygens (including phenoxy) is 1. The van der Waals surface area contributed by atoms with E-state index in [4.69, 9.17) is 4.74 Å². The highest BCUT2D eigenvalue weighted by molar-refractivity contribution is 4.49. The lowest BCUT2D eigenvalue weighted by molar-refractivity contribution is 0.125. The average molecular weight is 411 g/mol. The van der Waals surface area contributed by atoms with Crippen molar-refractivity contribution in [3.05, 3.63) is 13.2 Å². The van der Waals surface area contributed by atoms with Crippen molar-refractivity contribution in [2.24, 2.45) is 0 Å². The summed E-state index contributed by atoms with van der Waals surface area (Å²) in [5.74, 6) is 0. The lowest BCUT2D eigenvalue weighted by Crippen LogP contribution is -1.97. The van der Waals surface area contributed by atoms with Gasteiger partial charge in [-0.3, -0.25) is 0 Å². The maximum atomic E-state index is 5.80. The Hall–Kier alpha value is -0.300. The Kier molecular flexibility index (Phi) is 34.5. The van der Waals surface area contributed by atoms with Crippen molar-refractivity contribution in [1.82, 2.24) is 0 Å². The summed E-state index contributed by atoms with van der Waals surface area (Å²) < 4.78 is 5.80. The SMILES string of the molecule is C=C.CCCCCCCCCCCCCOCCCCCCCCCCCCC. The number of hydrogen-bond acceptors (Lipinski definition) is 1. The van der Waals surface area contributed by atoms with Crippen molar-refractivity contribution < 1.29 is 4.74 Å². The number of unbranched alkanes of at least 4 members (excludes halogenated alkanes) is 20. The monoisotopic (exact) mass is 410 g/mol. The van der Waals surface area contributed by atoms with E-state index in [1.54, 1.807) is 0 Å². The van der Waals surface area contributed by atoms with Gasteiger partial charge in [-0.1, -0.05) is 142 Å². The fourth-order valence-corrected chi connectivity index (χ4v) is 3.84. The largest absolute Gasteiger partial charge is 0.381 e. The van der Waals surface area contributed by atoms with Crippen LogP contribution in [0.3, 0.4) is 0 Å². The first-order valence-electron chi connectivity index (χ1n) is 13.5. The third-order valence-corrected chi connectivity index (χ3v) is 5.78. The summed E-state index contributed by atoms with van der Waals surface area (Å²) in [6.07, 6.45) is 31.1. The molecule has 0 spiro atoms. The van der Waals surface area contributed by atoms with E-state index in [0.29, 0.717) is 0 Å². The molecule has 0 rings (SSSR count). The maximum absolute atomic E-state index is 5.80. The fourth-order valence-electron chi connectivity index (χ4n) is 3.84. The molecule has 0 aromatic carbocycles. The van der Waals surface area contributed by atoms with Gasteiger partial charge in [0.2, 0.25) is 0 Å².